The summed E-state index contributed by atoms with van der Waals surface area (Å²) in [5, 5.41) is 4.51. The number of hydrogen-bond donors (Lipinski definition) is 0. The molecule has 192 valence electrons. The second-order valence-corrected chi connectivity index (χ2v) is 8.90. The molecule has 5 aromatic rings. The van der Waals surface area contributed by atoms with Gasteiger partial charge in [-0.3, -0.25) is 18.5 Å². The van der Waals surface area contributed by atoms with Crippen LogP contribution in [0.3, 0.4) is 0 Å². The summed E-state index contributed by atoms with van der Waals surface area (Å²) in [6, 6.07) is 19.1. The molecule has 0 spiro atoms. The van der Waals surface area contributed by atoms with Crippen LogP contribution in [0.5, 0.6) is 0 Å². The van der Waals surface area contributed by atoms with E-state index in [2.05, 4.69) is 5.10 Å². The first-order valence-electron chi connectivity index (χ1n) is 11.9. The maximum atomic E-state index is 13.3. The van der Waals surface area contributed by atoms with Crippen LogP contribution < -0.4 is 11.2 Å². The normalized spacial score (nSPS) is 11.5. The molecule has 0 saturated heterocycles. The van der Waals surface area contributed by atoms with E-state index >= 15 is 0 Å². The number of esters is 1. The first-order chi connectivity index (χ1) is 18.3. The fraction of sp³-hybridized carbons (Fsp3) is 0.179. The summed E-state index contributed by atoms with van der Waals surface area (Å²) in [7, 11) is 4.28. The Morgan fingerprint density at radius 1 is 1.00 bits per heavy atom. The molecule has 0 aliphatic rings. The zero-order chi connectivity index (χ0) is 27.0. The number of allylic oxidation sites excluding steroid dienone is 1. The number of benzene rings is 2. The number of aryl methyl sites for hydroxylation is 2. The number of methoxy groups -OCH3 is 1. The SMILES string of the molecule is COC(=O)c1cc(-c2ccc(C)cc2)n(-c2nc3c(c(=O)n(C)c(=O)n3C)n2CC=Cc2ccccc2)n1. The molecule has 38 heavy (non-hydrogen) atoms. The lowest BCUT2D eigenvalue weighted by molar-refractivity contribution is 0.0593. The number of carbonyl (C=O) groups is 1. The van der Waals surface area contributed by atoms with Gasteiger partial charge in [-0.1, -0.05) is 72.3 Å². The summed E-state index contributed by atoms with van der Waals surface area (Å²) in [6.07, 6.45) is 3.84. The molecular weight excluding hydrogens is 484 g/mol. The lowest BCUT2D eigenvalue weighted by Gasteiger charge is -2.10. The van der Waals surface area contributed by atoms with Crippen molar-refractivity contribution in [3.63, 3.8) is 0 Å². The van der Waals surface area contributed by atoms with Crippen LogP contribution in [-0.4, -0.2) is 41.5 Å². The molecule has 0 radical (unpaired) electrons. The van der Waals surface area contributed by atoms with Gasteiger partial charge >= 0.3 is 11.7 Å². The van der Waals surface area contributed by atoms with E-state index in [9.17, 15) is 14.4 Å². The number of imidazole rings is 1. The quantitative estimate of drug-likeness (QED) is 0.325. The van der Waals surface area contributed by atoms with E-state index in [1.54, 1.807) is 17.7 Å². The van der Waals surface area contributed by atoms with Gasteiger partial charge in [-0.25, -0.2) is 9.59 Å². The van der Waals surface area contributed by atoms with Gasteiger partial charge in [0.1, 0.15) is 0 Å². The molecule has 10 nitrogen and oxygen atoms in total. The fourth-order valence-corrected chi connectivity index (χ4v) is 4.30. The smallest absolute Gasteiger partial charge is 0.358 e. The van der Waals surface area contributed by atoms with Crippen LogP contribution in [0.4, 0.5) is 0 Å². The average Bonchev–Trinajstić information content (AvgIpc) is 3.54. The molecular formula is C28H26N6O4. The van der Waals surface area contributed by atoms with E-state index in [0.29, 0.717) is 5.69 Å². The van der Waals surface area contributed by atoms with Crippen molar-refractivity contribution in [3.8, 4) is 17.2 Å². The first-order valence-corrected chi connectivity index (χ1v) is 11.9. The fourth-order valence-electron chi connectivity index (χ4n) is 4.30. The molecule has 0 atom stereocenters. The van der Waals surface area contributed by atoms with E-state index < -0.39 is 17.2 Å². The van der Waals surface area contributed by atoms with E-state index in [4.69, 9.17) is 9.72 Å². The van der Waals surface area contributed by atoms with E-state index in [0.717, 1.165) is 21.3 Å². The number of carbonyl (C=O) groups excluding carboxylic acids is 1. The number of aromatic nitrogens is 6. The van der Waals surface area contributed by atoms with Gasteiger partial charge < -0.3 is 4.74 Å². The van der Waals surface area contributed by atoms with Gasteiger partial charge in [0.25, 0.3) is 5.56 Å². The van der Waals surface area contributed by atoms with Gasteiger partial charge in [0.2, 0.25) is 5.95 Å². The Morgan fingerprint density at radius 3 is 2.39 bits per heavy atom. The van der Waals surface area contributed by atoms with Crippen LogP contribution >= 0.6 is 0 Å². The number of hydrogen-bond acceptors (Lipinski definition) is 6. The lowest BCUT2D eigenvalue weighted by Crippen LogP contribution is -2.37. The predicted octanol–water partition coefficient (Wildman–Crippen LogP) is 3.09. The van der Waals surface area contributed by atoms with Gasteiger partial charge in [-0.15, -0.1) is 0 Å². The number of fused-ring (bicyclic) bond motifs is 1. The monoisotopic (exact) mass is 510 g/mol. The largest absolute Gasteiger partial charge is 0.464 e. The molecule has 0 amide bonds. The topological polar surface area (TPSA) is 106 Å². The highest BCUT2D eigenvalue weighted by Crippen LogP contribution is 2.26. The molecule has 10 heteroatoms. The second-order valence-electron chi connectivity index (χ2n) is 8.90. The van der Waals surface area contributed by atoms with Gasteiger partial charge in [0, 0.05) is 26.2 Å². The van der Waals surface area contributed by atoms with Crippen molar-refractivity contribution in [1.29, 1.82) is 0 Å². The Balaban J connectivity index is 1.78. The van der Waals surface area contributed by atoms with Gasteiger partial charge in [-0.05, 0) is 18.6 Å². The van der Waals surface area contributed by atoms with E-state index in [1.807, 2.05) is 73.7 Å². The first kappa shape index (κ1) is 24.7. The molecule has 0 aliphatic carbocycles. The highest BCUT2D eigenvalue weighted by Gasteiger charge is 2.24. The Kier molecular flexibility index (Phi) is 6.38. The summed E-state index contributed by atoms with van der Waals surface area (Å²) in [5.41, 5.74) is 3.01. The molecule has 0 saturated carbocycles. The van der Waals surface area contributed by atoms with Crippen molar-refractivity contribution in [2.24, 2.45) is 14.1 Å². The van der Waals surface area contributed by atoms with Gasteiger partial charge in [0.15, 0.2) is 16.9 Å². The number of rotatable bonds is 6. The summed E-state index contributed by atoms with van der Waals surface area (Å²) < 4.78 is 10.5. The molecule has 3 aromatic heterocycles. The molecule has 0 N–H and O–H groups in total. The lowest BCUT2D eigenvalue weighted by atomic mass is 10.1. The Bertz CT molecular complexity index is 1800. The van der Waals surface area contributed by atoms with Crippen LogP contribution in [0.2, 0.25) is 0 Å². The van der Waals surface area contributed by atoms with Gasteiger partial charge in [0.05, 0.1) is 12.8 Å². The minimum Gasteiger partial charge on any atom is -0.464 e. The average molecular weight is 511 g/mol. The molecule has 3 heterocycles. The third-order valence-electron chi connectivity index (χ3n) is 6.37. The van der Waals surface area contributed by atoms with Crippen LogP contribution in [0.15, 0.2) is 76.3 Å². The van der Waals surface area contributed by atoms with E-state index in [1.165, 1.54) is 23.4 Å². The standard InChI is InChI=1S/C28H26N6O4/c1-18-12-14-20(15-13-18)22-17-21(26(36)38-4)30-34(22)27-29-24-23(25(35)32(3)28(37)31(24)2)33(27)16-8-11-19-9-6-5-7-10-19/h5-15,17H,16H2,1-4H3. The minimum atomic E-state index is -0.605. The van der Waals surface area contributed by atoms with E-state index in [-0.39, 0.29) is 29.4 Å². The molecule has 0 fully saturated rings. The maximum absolute atomic E-state index is 13.3. The van der Waals surface area contributed by atoms with Crippen molar-refractivity contribution in [2.75, 3.05) is 7.11 Å². The molecule has 0 aliphatic heterocycles. The summed E-state index contributed by atoms with van der Waals surface area (Å²) >= 11 is 0. The molecule has 0 unspecified atom stereocenters. The Labute approximate surface area is 217 Å². The summed E-state index contributed by atoms with van der Waals surface area (Å²) in [4.78, 5) is 43.1. The van der Waals surface area contributed by atoms with Crippen molar-refractivity contribution in [3.05, 3.63) is 104 Å². The second kappa shape index (κ2) is 9.81. The number of ether oxygens (including phenoxy) is 1. The van der Waals surface area contributed by atoms with Crippen LogP contribution in [0, 0.1) is 6.92 Å². The highest BCUT2D eigenvalue weighted by molar-refractivity contribution is 5.89. The van der Waals surface area contributed by atoms with Crippen molar-refractivity contribution < 1.29 is 9.53 Å². The van der Waals surface area contributed by atoms with Crippen molar-refractivity contribution >= 4 is 23.2 Å². The van der Waals surface area contributed by atoms with Gasteiger partial charge in [-0.2, -0.15) is 14.8 Å². The highest BCUT2D eigenvalue weighted by atomic mass is 16.5. The Morgan fingerprint density at radius 2 is 1.71 bits per heavy atom. The van der Waals surface area contributed by atoms with Crippen LogP contribution in [0.1, 0.15) is 21.6 Å². The van der Waals surface area contributed by atoms with Crippen molar-refractivity contribution in [1.82, 2.24) is 28.5 Å². The third kappa shape index (κ3) is 4.26. The predicted molar refractivity (Wildman–Crippen MR) is 144 cm³/mol. The molecule has 0 bridgehead atoms. The zero-order valence-electron chi connectivity index (χ0n) is 21.5. The van der Waals surface area contributed by atoms with Crippen molar-refractivity contribution in [2.45, 2.75) is 13.5 Å². The van der Waals surface area contributed by atoms with Crippen LogP contribution in [0.25, 0.3) is 34.4 Å². The zero-order valence-corrected chi connectivity index (χ0v) is 21.5. The number of nitrogens with zero attached hydrogens (tertiary/aromatic N) is 6. The molecule has 5 rings (SSSR count). The summed E-state index contributed by atoms with van der Waals surface area (Å²) in [6.45, 7) is 2.24. The molecule has 2 aromatic carbocycles. The Hall–Kier alpha value is -4.99. The minimum absolute atomic E-state index is 0.0864. The van der Waals surface area contributed by atoms with Crippen LogP contribution in [-0.2, 0) is 25.4 Å². The maximum Gasteiger partial charge on any atom is 0.358 e. The third-order valence-corrected chi connectivity index (χ3v) is 6.37. The summed E-state index contributed by atoms with van der Waals surface area (Å²) in [5.74, 6) is -0.325.